The van der Waals surface area contributed by atoms with E-state index in [1.54, 1.807) is 58.4 Å². The van der Waals surface area contributed by atoms with Gasteiger partial charge in [0.15, 0.2) is 0 Å². The Kier molecular flexibility index (Phi) is 8.87. The normalized spacial score (nSPS) is 14.2. The number of aliphatic imine (C=N–C) groups is 1. The monoisotopic (exact) mass is 512 g/mol. The maximum atomic E-state index is 13.0. The van der Waals surface area contributed by atoms with Gasteiger partial charge in [0.1, 0.15) is 4.90 Å². The summed E-state index contributed by atoms with van der Waals surface area (Å²) in [6.07, 6.45) is 3.19. The van der Waals surface area contributed by atoms with Crippen molar-refractivity contribution in [2.24, 2.45) is 10.9 Å². The highest BCUT2D eigenvalue weighted by molar-refractivity contribution is 7.92. The molecule has 0 spiro atoms. The first-order valence-electron chi connectivity index (χ1n) is 11.7. The second kappa shape index (κ2) is 11.9. The Labute approximate surface area is 212 Å². The molecule has 36 heavy (non-hydrogen) atoms. The van der Waals surface area contributed by atoms with Crippen molar-refractivity contribution in [2.45, 2.75) is 25.7 Å². The smallest absolute Gasteiger partial charge is 0.409 e. The Bertz CT molecular complexity index is 1230. The second-order valence-electron chi connectivity index (χ2n) is 8.78. The van der Waals surface area contributed by atoms with E-state index in [1.807, 2.05) is 20.8 Å². The van der Waals surface area contributed by atoms with E-state index in [2.05, 4.69) is 16.4 Å². The minimum Gasteiger partial charge on any atom is -0.449 e. The van der Waals surface area contributed by atoms with Gasteiger partial charge in [0.25, 0.3) is 15.9 Å². The number of ether oxygens (including phenoxy) is 1. The van der Waals surface area contributed by atoms with Gasteiger partial charge in [-0.25, -0.2) is 13.2 Å². The van der Waals surface area contributed by atoms with Gasteiger partial charge in [-0.15, -0.1) is 0 Å². The van der Waals surface area contributed by atoms with E-state index >= 15 is 0 Å². The lowest BCUT2D eigenvalue weighted by Gasteiger charge is -2.34. The zero-order chi connectivity index (χ0) is 26.3. The van der Waals surface area contributed by atoms with Gasteiger partial charge in [-0.05, 0) is 49.9 Å². The van der Waals surface area contributed by atoms with Crippen molar-refractivity contribution in [1.29, 1.82) is 0 Å². The maximum Gasteiger partial charge on any atom is 0.409 e. The lowest BCUT2D eigenvalue weighted by Crippen LogP contribution is -2.50. The van der Waals surface area contributed by atoms with E-state index in [-0.39, 0.29) is 28.5 Å². The van der Waals surface area contributed by atoms with Crippen molar-refractivity contribution in [2.75, 3.05) is 37.5 Å². The van der Waals surface area contributed by atoms with Crippen LogP contribution in [0.1, 0.15) is 36.7 Å². The van der Waals surface area contributed by atoms with Gasteiger partial charge in [0, 0.05) is 43.0 Å². The van der Waals surface area contributed by atoms with Crippen LogP contribution < -0.4 is 4.72 Å². The van der Waals surface area contributed by atoms with Gasteiger partial charge < -0.3 is 14.5 Å². The lowest BCUT2D eigenvalue weighted by molar-refractivity contribution is 0.0535. The third-order valence-electron chi connectivity index (χ3n) is 5.57. The van der Waals surface area contributed by atoms with Gasteiger partial charge >= 0.3 is 6.09 Å². The number of hydrogen-bond acceptors (Lipinski definition) is 6. The molecule has 0 atom stereocenters. The van der Waals surface area contributed by atoms with Crippen molar-refractivity contribution in [1.82, 2.24) is 9.80 Å². The van der Waals surface area contributed by atoms with Crippen molar-refractivity contribution in [3.63, 3.8) is 0 Å². The summed E-state index contributed by atoms with van der Waals surface area (Å²) >= 11 is 0. The SMILES string of the molecule is C=Nc1c(/C=C\C)cccc1S(=O)(=O)Nc1ccc(C(=O)N2CCN(C(=O)OCC(C)C)CC2)cc1. The van der Waals surface area contributed by atoms with Crippen LogP contribution in [0, 0.1) is 5.92 Å². The second-order valence-corrected chi connectivity index (χ2v) is 10.4. The van der Waals surface area contributed by atoms with Crippen LogP contribution in [0.2, 0.25) is 0 Å². The number of hydrogen-bond donors (Lipinski definition) is 1. The van der Waals surface area contributed by atoms with Gasteiger partial charge in [-0.2, -0.15) is 0 Å². The van der Waals surface area contributed by atoms with Crippen LogP contribution in [-0.4, -0.2) is 69.7 Å². The number of rotatable bonds is 8. The Balaban J connectivity index is 1.65. The number of carbonyl (C=O) groups is 2. The summed E-state index contributed by atoms with van der Waals surface area (Å²) in [5.41, 5.74) is 1.65. The summed E-state index contributed by atoms with van der Waals surface area (Å²) in [5, 5.41) is 0. The number of nitrogens with one attached hydrogen (secondary N) is 1. The molecule has 1 aliphatic rings. The molecular formula is C26H32N4O5S. The molecule has 0 saturated carbocycles. The topological polar surface area (TPSA) is 108 Å². The Hall–Kier alpha value is -3.66. The van der Waals surface area contributed by atoms with Crippen LogP contribution in [-0.2, 0) is 14.8 Å². The molecule has 2 aromatic rings. The molecule has 0 bridgehead atoms. The summed E-state index contributed by atoms with van der Waals surface area (Å²) < 4.78 is 33.9. The molecule has 0 aliphatic carbocycles. The number of nitrogens with zero attached hydrogens (tertiary/aromatic N) is 3. The molecule has 1 N–H and O–H groups in total. The quantitative estimate of drug-likeness (QED) is 0.528. The van der Waals surface area contributed by atoms with E-state index in [0.717, 1.165) is 0 Å². The van der Waals surface area contributed by atoms with Gasteiger partial charge in [-0.1, -0.05) is 38.1 Å². The number of anilines is 1. The summed E-state index contributed by atoms with van der Waals surface area (Å²) in [4.78, 5) is 32.2. The first-order chi connectivity index (χ1) is 17.2. The van der Waals surface area contributed by atoms with Gasteiger partial charge in [0.05, 0.1) is 12.3 Å². The minimum absolute atomic E-state index is 0.0121. The fourth-order valence-corrected chi connectivity index (χ4v) is 4.99. The summed E-state index contributed by atoms with van der Waals surface area (Å²) in [7, 11) is -3.94. The number of allylic oxidation sites excluding steroid dienone is 1. The Morgan fingerprint density at radius 3 is 2.31 bits per heavy atom. The average Bonchev–Trinajstić information content (AvgIpc) is 2.87. The molecule has 1 fully saturated rings. The summed E-state index contributed by atoms with van der Waals surface area (Å²) in [6.45, 7) is 11.2. The van der Waals surface area contributed by atoms with E-state index in [4.69, 9.17) is 4.74 Å². The highest BCUT2D eigenvalue weighted by Gasteiger charge is 2.26. The van der Waals surface area contributed by atoms with Crippen molar-refractivity contribution < 1.29 is 22.7 Å². The summed E-state index contributed by atoms with van der Waals surface area (Å²) in [5.74, 6) is 0.0742. The predicted octanol–water partition coefficient (Wildman–Crippen LogP) is 4.40. The standard InChI is InChI=1S/C26H32N4O5S/c1-5-7-20-8-6-9-23(24(20)27-4)36(33,34)28-22-12-10-21(11-13-22)25(31)29-14-16-30(17-15-29)26(32)35-18-19(2)3/h5-13,19,28H,4,14-18H2,1-3H3/b7-5-. The van der Waals surface area contributed by atoms with Crippen molar-refractivity contribution >= 4 is 46.2 Å². The largest absolute Gasteiger partial charge is 0.449 e. The molecule has 1 saturated heterocycles. The number of benzene rings is 2. The fraction of sp³-hybridized carbons (Fsp3) is 0.346. The van der Waals surface area contributed by atoms with E-state index in [1.165, 1.54) is 6.07 Å². The van der Waals surface area contributed by atoms with Crippen LogP contribution in [0.15, 0.2) is 58.4 Å². The average molecular weight is 513 g/mol. The van der Waals surface area contributed by atoms with Gasteiger partial charge in [-0.3, -0.25) is 14.5 Å². The third kappa shape index (κ3) is 6.51. The first kappa shape index (κ1) is 26.9. The summed E-state index contributed by atoms with van der Waals surface area (Å²) in [6, 6.07) is 11.1. The Morgan fingerprint density at radius 2 is 1.72 bits per heavy atom. The molecule has 10 heteroatoms. The van der Waals surface area contributed by atoms with Crippen LogP contribution in [0.25, 0.3) is 6.08 Å². The van der Waals surface area contributed by atoms with Crippen LogP contribution >= 0.6 is 0 Å². The molecule has 1 aliphatic heterocycles. The van der Waals surface area contributed by atoms with E-state index in [9.17, 15) is 18.0 Å². The molecule has 2 amide bonds. The van der Waals surface area contributed by atoms with Crippen LogP contribution in [0.5, 0.6) is 0 Å². The number of amides is 2. The van der Waals surface area contributed by atoms with Crippen LogP contribution in [0.3, 0.4) is 0 Å². The first-order valence-corrected chi connectivity index (χ1v) is 13.2. The molecule has 2 aromatic carbocycles. The van der Waals surface area contributed by atoms with Crippen molar-refractivity contribution in [3.8, 4) is 0 Å². The number of para-hydroxylation sites is 1. The number of piperazine rings is 1. The van der Waals surface area contributed by atoms with E-state index < -0.39 is 10.0 Å². The number of sulfonamides is 1. The molecule has 192 valence electrons. The van der Waals surface area contributed by atoms with Crippen LogP contribution in [0.4, 0.5) is 16.2 Å². The van der Waals surface area contributed by atoms with Crippen molar-refractivity contribution in [3.05, 3.63) is 59.7 Å². The third-order valence-corrected chi connectivity index (χ3v) is 6.99. The molecule has 0 radical (unpaired) electrons. The molecule has 0 aromatic heterocycles. The minimum atomic E-state index is -3.94. The maximum absolute atomic E-state index is 13.0. The highest BCUT2D eigenvalue weighted by Crippen LogP contribution is 2.30. The lowest BCUT2D eigenvalue weighted by atomic mass is 10.1. The highest BCUT2D eigenvalue weighted by atomic mass is 32.2. The van der Waals surface area contributed by atoms with Gasteiger partial charge in [0.2, 0.25) is 0 Å². The molecule has 3 rings (SSSR count). The molecule has 1 heterocycles. The zero-order valence-corrected chi connectivity index (χ0v) is 21.6. The fourth-order valence-electron chi connectivity index (χ4n) is 3.73. The number of carbonyl (C=O) groups excluding carboxylic acids is 2. The molecule has 0 unspecified atom stereocenters. The molecular weight excluding hydrogens is 480 g/mol. The zero-order valence-electron chi connectivity index (χ0n) is 20.8. The Morgan fingerprint density at radius 1 is 1.08 bits per heavy atom. The molecule has 9 nitrogen and oxygen atoms in total. The predicted molar refractivity (Wildman–Crippen MR) is 141 cm³/mol. The van der Waals surface area contributed by atoms with E-state index in [0.29, 0.717) is 49.6 Å².